The minimum Gasteiger partial charge on any atom is -0.467 e. The van der Waals surface area contributed by atoms with E-state index in [1.54, 1.807) is 54.6 Å². The number of carbonyl (C=O) groups excluding carboxylic acids is 1. The van der Waals surface area contributed by atoms with E-state index in [1.807, 2.05) is 30.3 Å². The summed E-state index contributed by atoms with van der Waals surface area (Å²) < 4.78 is 38.8. The topological polar surface area (TPSA) is 88.8 Å². The number of amides is 1. The van der Waals surface area contributed by atoms with E-state index in [0.717, 1.165) is 4.31 Å². The largest absolute Gasteiger partial charge is 0.467 e. The summed E-state index contributed by atoms with van der Waals surface area (Å²) >= 11 is 0. The van der Waals surface area contributed by atoms with E-state index in [1.165, 1.54) is 18.4 Å². The van der Waals surface area contributed by atoms with Gasteiger partial charge in [0.1, 0.15) is 23.8 Å². The molecule has 0 bridgehead atoms. The molecule has 3 aromatic carbocycles. The summed E-state index contributed by atoms with van der Waals surface area (Å²) in [6.07, 6.45) is 1.51. The molecule has 33 heavy (non-hydrogen) atoms. The zero-order valence-corrected chi connectivity index (χ0v) is 18.4. The molecule has 4 aromatic rings. The quantitative estimate of drug-likeness (QED) is 0.393. The number of carbonyl (C=O) groups is 1. The van der Waals surface area contributed by atoms with Gasteiger partial charge in [-0.05, 0) is 60.7 Å². The number of furan rings is 1. The lowest BCUT2D eigenvalue weighted by Crippen LogP contribution is -2.40. The summed E-state index contributed by atoms with van der Waals surface area (Å²) in [5, 5.41) is 2.69. The standard InChI is InChI=1S/C25H22N2O5S/c28-25(26-18-23-10-7-17-31-23)19-27(33(29,30)24-11-5-2-6-12-24)20-13-15-22(16-14-20)32-21-8-3-1-4-9-21/h1-17H,18-19H2,(H,26,28). The van der Waals surface area contributed by atoms with Crippen molar-refractivity contribution in [3.8, 4) is 11.5 Å². The van der Waals surface area contributed by atoms with Gasteiger partial charge in [-0.3, -0.25) is 9.10 Å². The Labute approximate surface area is 192 Å². The number of nitrogens with zero attached hydrogens (tertiary/aromatic N) is 1. The number of rotatable bonds is 9. The number of nitrogens with one attached hydrogen (secondary N) is 1. The Morgan fingerprint density at radius 1 is 0.818 bits per heavy atom. The third kappa shape index (κ3) is 5.61. The van der Waals surface area contributed by atoms with Crippen molar-refractivity contribution in [3.05, 3.63) is 109 Å². The molecule has 8 heteroatoms. The van der Waals surface area contributed by atoms with Gasteiger partial charge in [0, 0.05) is 0 Å². The SMILES string of the molecule is O=C(CN(c1ccc(Oc2ccccc2)cc1)S(=O)(=O)c1ccccc1)NCc1ccco1. The molecule has 0 spiro atoms. The lowest BCUT2D eigenvalue weighted by molar-refractivity contribution is -0.119. The van der Waals surface area contributed by atoms with Crippen LogP contribution in [0.4, 0.5) is 5.69 Å². The van der Waals surface area contributed by atoms with Crippen LogP contribution in [0, 0.1) is 0 Å². The van der Waals surface area contributed by atoms with Crippen LogP contribution in [0.25, 0.3) is 0 Å². The number of ether oxygens (including phenoxy) is 1. The molecular weight excluding hydrogens is 440 g/mol. The molecule has 0 saturated carbocycles. The van der Waals surface area contributed by atoms with E-state index >= 15 is 0 Å². The highest BCUT2D eigenvalue weighted by molar-refractivity contribution is 7.92. The van der Waals surface area contributed by atoms with Crippen LogP contribution in [-0.2, 0) is 21.4 Å². The normalized spacial score (nSPS) is 11.0. The van der Waals surface area contributed by atoms with Crippen LogP contribution < -0.4 is 14.4 Å². The van der Waals surface area contributed by atoms with Crippen molar-refractivity contribution in [3.63, 3.8) is 0 Å². The van der Waals surface area contributed by atoms with Crippen LogP contribution >= 0.6 is 0 Å². The maximum Gasteiger partial charge on any atom is 0.264 e. The first-order valence-corrected chi connectivity index (χ1v) is 11.7. The third-order valence-corrected chi connectivity index (χ3v) is 6.55. The van der Waals surface area contributed by atoms with E-state index in [2.05, 4.69) is 5.32 Å². The van der Waals surface area contributed by atoms with Gasteiger partial charge in [-0.15, -0.1) is 0 Å². The van der Waals surface area contributed by atoms with Crippen molar-refractivity contribution in [2.45, 2.75) is 11.4 Å². The predicted octanol–water partition coefficient (Wildman–Crippen LogP) is 4.58. The zero-order chi connectivity index (χ0) is 23.1. The van der Waals surface area contributed by atoms with Gasteiger partial charge in [-0.1, -0.05) is 36.4 Å². The van der Waals surface area contributed by atoms with Crippen LogP contribution in [0.2, 0.25) is 0 Å². The number of hydrogen-bond acceptors (Lipinski definition) is 5. The molecular formula is C25H22N2O5S. The van der Waals surface area contributed by atoms with Crippen molar-refractivity contribution in [2.75, 3.05) is 10.8 Å². The molecule has 0 aliphatic carbocycles. The number of hydrogen-bond donors (Lipinski definition) is 1. The molecule has 0 atom stereocenters. The van der Waals surface area contributed by atoms with Crippen molar-refractivity contribution >= 4 is 21.6 Å². The molecule has 0 aliphatic rings. The van der Waals surface area contributed by atoms with Gasteiger partial charge >= 0.3 is 0 Å². The smallest absolute Gasteiger partial charge is 0.264 e. The first-order valence-electron chi connectivity index (χ1n) is 10.2. The van der Waals surface area contributed by atoms with Gasteiger partial charge in [-0.25, -0.2) is 8.42 Å². The summed E-state index contributed by atoms with van der Waals surface area (Å²) in [6, 6.07) is 27.2. The molecule has 1 heterocycles. The first-order chi connectivity index (χ1) is 16.0. The van der Waals surface area contributed by atoms with Gasteiger partial charge in [-0.2, -0.15) is 0 Å². The lowest BCUT2D eigenvalue weighted by Gasteiger charge is -2.24. The Kier molecular flexibility index (Phi) is 6.75. The zero-order valence-electron chi connectivity index (χ0n) is 17.6. The molecule has 0 radical (unpaired) electrons. The second kappa shape index (κ2) is 10.1. The number of benzene rings is 3. The van der Waals surface area contributed by atoms with Crippen LogP contribution in [0.5, 0.6) is 11.5 Å². The molecule has 0 fully saturated rings. The third-order valence-electron chi connectivity index (χ3n) is 4.76. The van der Waals surface area contributed by atoms with Crippen molar-refractivity contribution < 1.29 is 22.4 Å². The second-order valence-electron chi connectivity index (χ2n) is 7.09. The molecule has 1 amide bonds. The number of sulfonamides is 1. The minimum absolute atomic E-state index is 0.0912. The molecule has 168 valence electrons. The average molecular weight is 463 g/mol. The predicted molar refractivity (Wildman–Crippen MR) is 124 cm³/mol. The Balaban J connectivity index is 1.57. The second-order valence-corrected chi connectivity index (χ2v) is 8.95. The summed E-state index contributed by atoms with van der Waals surface area (Å²) in [4.78, 5) is 12.7. The van der Waals surface area contributed by atoms with Crippen LogP contribution in [0.15, 0.2) is 113 Å². The van der Waals surface area contributed by atoms with E-state index in [0.29, 0.717) is 22.9 Å². The Hall–Kier alpha value is -4.04. The summed E-state index contributed by atoms with van der Waals surface area (Å²) in [6.45, 7) is -0.230. The van der Waals surface area contributed by atoms with Crippen LogP contribution in [-0.4, -0.2) is 20.9 Å². The van der Waals surface area contributed by atoms with Gasteiger partial charge < -0.3 is 14.5 Å². The monoisotopic (exact) mass is 462 g/mol. The van der Waals surface area contributed by atoms with Crippen LogP contribution in [0.1, 0.15) is 5.76 Å². The number of para-hydroxylation sites is 1. The highest BCUT2D eigenvalue weighted by Gasteiger charge is 2.27. The first kappa shape index (κ1) is 22.2. The highest BCUT2D eigenvalue weighted by Crippen LogP contribution is 2.28. The molecule has 1 aromatic heterocycles. The van der Waals surface area contributed by atoms with Gasteiger partial charge in [0.05, 0.1) is 23.4 Å². The summed E-state index contributed by atoms with van der Waals surface area (Å²) in [5.74, 6) is 1.32. The van der Waals surface area contributed by atoms with Crippen molar-refractivity contribution in [2.24, 2.45) is 0 Å². The van der Waals surface area contributed by atoms with Gasteiger partial charge in [0.25, 0.3) is 10.0 Å². The Bertz CT molecular complexity index is 1270. The lowest BCUT2D eigenvalue weighted by atomic mass is 10.3. The fourth-order valence-corrected chi connectivity index (χ4v) is 4.57. The molecule has 1 N–H and O–H groups in total. The maximum atomic E-state index is 13.4. The molecule has 0 aliphatic heterocycles. The van der Waals surface area contributed by atoms with Gasteiger partial charge in [0.2, 0.25) is 5.91 Å². The fourth-order valence-electron chi connectivity index (χ4n) is 3.13. The highest BCUT2D eigenvalue weighted by atomic mass is 32.2. The van der Waals surface area contributed by atoms with E-state index < -0.39 is 22.5 Å². The molecule has 0 saturated heterocycles. The number of anilines is 1. The van der Waals surface area contributed by atoms with Crippen molar-refractivity contribution in [1.82, 2.24) is 5.32 Å². The van der Waals surface area contributed by atoms with E-state index in [9.17, 15) is 13.2 Å². The van der Waals surface area contributed by atoms with E-state index in [-0.39, 0.29) is 11.4 Å². The minimum atomic E-state index is -3.98. The van der Waals surface area contributed by atoms with Crippen LogP contribution in [0.3, 0.4) is 0 Å². The molecule has 0 unspecified atom stereocenters. The maximum absolute atomic E-state index is 13.4. The Morgan fingerprint density at radius 2 is 1.45 bits per heavy atom. The molecule has 4 rings (SSSR count). The van der Waals surface area contributed by atoms with E-state index in [4.69, 9.17) is 9.15 Å². The fraction of sp³-hybridized carbons (Fsp3) is 0.0800. The summed E-state index contributed by atoms with van der Waals surface area (Å²) in [7, 11) is -3.98. The molecule has 7 nitrogen and oxygen atoms in total. The van der Waals surface area contributed by atoms with Gasteiger partial charge in [0.15, 0.2) is 0 Å². The van der Waals surface area contributed by atoms with Crippen molar-refractivity contribution in [1.29, 1.82) is 0 Å². The summed E-state index contributed by atoms with van der Waals surface area (Å²) in [5.41, 5.74) is 0.340. The Morgan fingerprint density at radius 3 is 2.09 bits per heavy atom. The average Bonchev–Trinajstić information content (AvgIpc) is 3.37.